The van der Waals surface area contributed by atoms with Crippen LogP contribution in [0.1, 0.15) is 124 Å². The summed E-state index contributed by atoms with van der Waals surface area (Å²) in [5, 5.41) is 2.60. The van der Waals surface area contributed by atoms with Crippen LogP contribution in [0.25, 0.3) is 0 Å². The maximum absolute atomic E-state index is 14.0. The third-order valence-corrected chi connectivity index (χ3v) is 16.4. The Morgan fingerprint density at radius 1 is 0.288 bits per heavy atom. The molecule has 0 saturated carbocycles. The molecule has 6 rings (SSSR count). The van der Waals surface area contributed by atoms with E-state index in [0.29, 0.717) is 0 Å². The number of nitrogens with one attached hydrogen (secondary N) is 1. The molecule has 1 amide bonds. The number of carbonyl (C=O) groups excluding carboxylic acids is 16. The molecule has 6 heterocycles. The number of hydrogen-bond donors (Lipinski definition) is 1. The van der Waals surface area contributed by atoms with Gasteiger partial charge in [-0.15, -0.1) is 0 Å². The van der Waals surface area contributed by atoms with Crippen molar-refractivity contribution in [2.24, 2.45) is 0 Å². The van der Waals surface area contributed by atoms with Crippen molar-refractivity contribution in [3.63, 3.8) is 0 Å². The molecule has 0 aromatic heterocycles. The van der Waals surface area contributed by atoms with Crippen LogP contribution in [0.5, 0.6) is 0 Å². The van der Waals surface area contributed by atoms with Crippen LogP contribution in [0.3, 0.4) is 0 Å². The standard InChI is InChI=1S/C68H93NO42/c1-26-52(95-35(10)78)58(98-38(13)81)61(100-40(15)83)66(92-26)103-45-20-44(94-34(9)77)46(21-87-28(3)71)104-64(45)110-57-51(69-27(2)70)65(105-48(23-89-30(5)73)54(57)96-36(11)79)111-60-55(97-37(12)80)49(24-90-31(6)74)106-68(63(60)102-42(17)85)109-56-50(25-91-32(7)75)107-67(62(101-41(16)84)59(56)99-39(14)82)108-53-43(93-33(8)76)18-19-86-47(53)22-88-29(4)72/h18-19,26,43-68H,20-25H2,1-17H3,(H,69,70)/t26?,43?,44-,45?,46?,47?,48?,49?,50?,51?,52-,53+,54+,55+,56+,57?,58?,59?,60?,61?,62?,63?,64+,65+,66+,67+,68-/m1/s1. The van der Waals surface area contributed by atoms with Crippen LogP contribution in [-0.4, -0.2) is 294 Å². The number of ether oxygens (including phenoxy) is 26. The quantitative estimate of drug-likeness (QED) is 0.0609. The summed E-state index contributed by atoms with van der Waals surface area (Å²) in [6, 6.07) is -2.04. The van der Waals surface area contributed by atoms with Gasteiger partial charge in [0.25, 0.3) is 0 Å². The van der Waals surface area contributed by atoms with E-state index in [1.165, 1.54) is 13.0 Å². The summed E-state index contributed by atoms with van der Waals surface area (Å²) in [4.78, 5) is 209. The first kappa shape index (κ1) is 90.5. The Morgan fingerprint density at radius 3 is 1.05 bits per heavy atom. The van der Waals surface area contributed by atoms with Crippen LogP contribution in [0.2, 0.25) is 0 Å². The van der Waals surface area contributed by atoms with Crippen LogP contribution in [0.15, 0.2) is 12.3 Å². The fourth-order valence-corrected chi connectivity index (χ4v) is 12.5. The zero-order valence-corrected chi connectivity index (χ0v) is 63.6. The Labute approximate surface area is 634 Å². The monoisotopic (exact) mass is 1600 g/mol. The van der Waals surface area contributed by atoms with Crippen LogP contribution in [0.4, 0.5) is 0 Å². The van der Waals surface area contributed by atoms with Crippen LogP contribution >= 0.6 is 0 Å². The fraction of sp³-hybridized carbons (Fsp3) is 0.735. The van der Waals surface area contributed by atoms with Gasteiger partial charge in [0.2, 0.25) is 5.91 Å². The lowest BCUT2D eigenvalue weighted by Gasteiger charge is -2.52. The molecule has 0 aromatic carbocycles. The molecule has 43 nitrogen and oxygen atoms in total. The lowest BCUT2D eigenvalue weighted by Crippen LogP contribution is -2.71. The van der Waals surface area contributed by atoms with Crippen molar-refractivity contribution >= 4 is 95.4 Å². The highest BCUT2D eigenvalue weighted by molar-refractivity contribution is 5.74. The van der Waals surface area contributed by atoms with Crippen LogP contribution in [0, 0.1) is 0 Å². The first-order valence-electron chi connectivity index (χ1n) is 34.6. The molecule has 0 radical (unpaired) electrons. The SMILES string of the molecule is CC(=O)NC1C(O[C@@H]2OC(COC(C)=O)[C@H](OC(C)=O)CC2O[C@@H]2OC(C)[C@@H](OC(C)=O)C(OC(C)=O)C2OC(C)=O)[C@@H](OC(C)=O)C(COC(C)=O)O[C@H]1OC1C(OC(C)=O)[C@@H](O[C@H]2C(COC(C)=O)O[C@@H](O[C@H]3C(OC(C)=O)C=COC3COC(C)=O)C(OC(C)=O)C2OC(C)=O)OC(COC(C)=O)[C@@H]1OC(C)=O. The van der Waals surface area contributed by atoms with Crippen molar-refractivity contribution < 1.29 is 200 Å². The van der Waals surface area contributed by atoms with Crippen molar-refractivity contribution in [3.05, 3.63) is 12.3 Å². The van der Waals surface area contributed by atoms with Gasteiger partial charge in [-0.05, 0) is 13.0 Å². The van der Waals surface area contributed by atoms with E-state index in [1.807, 2.05) is 0 Å². The Hall–Kier alpha value is -9.34. The molecule has 111 heavy (non-hydrogen) atoms. The van der Waals surface area contributed by atoms with Gasteiger partial charge in [0.05, 0.1) is 12.4 Å². The van der Waals surface area contributed by atoms with E-state index in [2.05, 4.69) is 5.32 Å². The summed E-state index contributed by atoms with van der Waals surface area (Å²) < 4.78 is 156. The summed E-state index contributed by atoms with van der Waals surface area (Å²) in [5.74, 6) is -16.1. The molecule has 622 valence electrons. The van der Waals surface area contributed by atoms with E-state index < -0.39 is 301 Å². The topological polar surface area (TPSA) is 525 Å². The molecule has 43 heteroatoms. The van der Waals surface area contributed by atoms with Crippen molar-refractivity contribution in [2.75, 3.05) is 33.0 Å². The van der Waals surface area contributed by atoms with E-state index in [9.17, 15) is 76.7 Å². The van der Waals surface area contributed by atoms with E-state index in [0.717, 1.165) is 117 Å². The predicted octanol–water partition coefficient (Wildman–Crippen LogP) is -1.50. The smallest absolute Gasteiger partial charge is 0.303 e. The van der Waals surface area contributed by atoms with Crippen molar-refractivity contribution in [3.8, 4) is 0 Å². The zero-order chi connectivity index (χ0) is 82.6. The van der Waals surface area contributed by atoms with Gasteiger partial charge in [0.1, 0.15) is 100 Å². The van der Waals surface area contributed by atoms with E-state index in [-0.39, 0.29) is 0 Å². The average Bonchev–Trinajstić information content (AvgIpc) is 0.767. The molecule has 6 aliphatic heterocycles. The molecular formula is C68H93NO42. The molecule has 0 bridgehead atoms. The Kier molecular flexibility index (Phi) is 34.1. The normalized spacial score (nSPS) is 33.6. The van der Waals surface area contributed by atoms with Gasteiger partial charge >= 0.3 is 89.5 Å². The van der Waals surface area contributed by atoms with Gasteiger partial charge in [-0.25, -0.2) is 0 Å². The number of rotatable bonds is 31. The Balaban J connectivity index is 1.60. The second kappa shape index (κ2) is 41.8. The number of hydrogen-bond acceptors (Lipinski definition) is 42. The average molecular weight is 1600 g/mol. The number of esters is 15. The molecule has 16 unspecified atom stereocenters. The highest BCUT2D eigenvalue weighted by atomic mass is 16.8. The van der Waals surface area contributed by atoms with Gasteiger partial charge in [0, 0.05) is 117 Å². The number of carbonyl (C=O) groups is 16. The molecule has 5 saturated heterocycles. The second-order valence-electron chi connectivity index (χ2n) is 25.8. The van der Waals surface area contributed by atoms with E-state index >= 15 is 0 Å². The van der Waals surface area contributed by atoms with Crippen LogP contribution < -0.4 is 5.32 Å². The van der Waals surface area contributed by atoms with Crippen molar-refractivity contribution in [2.45, 2.75) is 290 Å². The van der Waals surface area contributed by atoms with Crippen molar-refractivity contribution in [1.29, 1.82) is 0 Å². The molecule has 0 spiro atoms. The predicted molar refractivity (Wildman–Crippen MR) is 348 cm³/mol. The summed E-state index contributed by atoms with van der Waals surface area (Å²) >= 11 is 0. The van der Waals surface area contributed by atoms with Gasteiger partial charge < -0.3 is 128 Å². The summed E-state index contributed by atoms with van der Waals surface area (Å²) in [6.45, 7) is 12.8. The molecule has 27 atom stereocenters. The fourth-order valence-electron chi connectivity index (χ4n) is 12.5. The first-order valence-corrected chi connectivity index (χ1v) is 34.6. The van der Waals surface area contributed by atoms with Crippen molar-refractivity contribution in [1.82, 2.24) is 5.32 Å². The summed E-state index contributed by atoms with van der Waals surface area (Å²) in [5.41, 5.74) is 0. The minimum absolute atomic E-state index is 0.569. The van der Waals surface area contributed by atoms with Gasteiger partial charge in [0.15, 0.2) is 92.5 Å². The second-order valence-corrected chi connectivity index (χ2v) is 25.8. The third-order valence-electron chi connectivity index (χ3n) is 16.4. The summed E-state index contributed by atoms with van der Waals surface area (Å²) in [6.07, 6.45) is -46.9. The van der Waals surface area contributed by atoms with Gasteiger partial charge in [-0.1, -0.05) is 0 Å². The number of amides is 1. The molecular weight excluding hydrogens is 1500 g/mol. The lowest BCUT2D eigenvalue weighted by molar-refractivity contribution is -0.386. The lowest BCUT2D eigenvalue weighted by atomic mass is 9.93. The highest BCUT2D eigenvalue weighted by Gasteiger charge is 2.62. The third kappa shape index (κ3) is 27.2. The highest BCUT2D eigenvalue weighted by Crippen LogP contribution is 2.41. The molecule has 5 fully saturated rings. The van der Waals surface area contributed by atoms with E-state index in [4.69, 9.17) is 123 Å². The maximum Gasteiger partial charge on any atom is 0.303 e. The molecule has 1 N–H and O–H groups in total. The summed E-state index contributed by atoms with van der Waals surface area (Å²) in [7, 11) is 0. The maximum atomic E-state index is 14.0. The molecule has 0 aliphatic carbocycles. The van der Waals surface area contributed by atoms with Crippen LogP contribution in [-0.2, 0) is 200 Å². The first-order chi connectivity index (χ1) is 52.1. The largest absolute Gasteiger partial charge is 0.492 e. The Bertz CT molecular complexity index is 3380. The Morgan fingerprint density at radius 2 is 0.613 bits per heavy atom. The van der Waals surface area contributed by atoms with Gasteiger partial charge in [-0.3, -0.25) is 76.7 Å². The van der Waals surface area contributed by atoms with Gasteiger partial charge in [-0.2, -0.15) is 0 Å². The minimum Gasteiger partial charge on any atom is -0.492 e. The molecule has 0 aromatic rings. The van der Waals surface area contributed by atoms with E-state index in [1.54, 1.807) is 0 Å². The molecule has 6 aliphatic rings. The minimum atomic E-state index is -2.33. The zero-order valence-electron chi connectivity index (χ0n) is 63.6.